The van der Waals surface area contributed by atoms with Crippen LogP contribution in [0.25, 0.3) is 0 Å². The third kappa shape index (κ3) is 2.83. The van der Waals surface area contributed by atoms with Crippen molar-refractivity contribution in [3.05, 3.63) is 29.3 Å². The van der Waals surface area contributed by atoms with Gasteiger partial charge in [-0.05, 0) is 37.5 Å². The molecule has 1 aromatic rings. The van der Waals surface area contributed by atoms with Gasteiger partial charge in [-0.3, -0.25) is 0 Å². The number of nitrogens with one attached hydrogen (secondary N) is 1. The highest BCUT2D eigenvalue weighted by atomic mass is 16.5. The number of nitriles is 1. The molecule has 18 heavy (non-hydrogen) atoms. The van der Waals surface area contributed by atoms with Crippen molar-refractivity contribution in [2.45, 2.75) is 44.7 Å². The third-order valence-electron chi connectivity index (χ3n) is 3.81. The summed E-state index contributed by atoms with van der Waals surface area (Å²) in [6.07, 6.45) is 5.12. The molecule has 0 amide bonds. The van der Waals surface area contributed by atoms with E-state index in [2.05, 4.69) is 18.3 Å². The Morgan fingerprint density at radius 3 is 2.72 bits per heavy atom. The van der Waals surface area contributed by atoms with Crippen LogP contribution >= 0.6 is 0 Å². The van der Waals surface area contributed by atoms with Gasteiger partial charge in [-0.1, -0.05) is 18.9 Å². The highest BCUT2D eigenvalue weighted by molar-refractivity contribution is 5.45. The molecule has 0 unspecified atom stereocenters. The van der Waals surface area contributed by atoms with Crippen molar-refractivity contribution >= 4 is 0 Å². The van der Waals surface area contributed by atoms with Crippen LogP contribution in [0.2, 0.25) is 0 Å². The molecular weight excluding hydrogens is 224 g/mol. The lowest BCUT2D eigenvalue weighted by Crippen LogP contribution is -2.38. The lowest BCUT2D eigenvalue weighted by Gasteiger charge is -2.25. The largest absolute Gasteiger partial charge is 0.495 e. The van der Waals surface area contributed by atoms with Gasteiger partial charge in [0.15, 0.2) is 0 Å². The van der Waals surface area contributed by atoms with Crippen LogP contribution in [-0.2, 0) is 6.54 Å². The van der Waals surface area contributed by atoms with Gasteiger partial charge in [0, 0.05) is 12.1 Å². The number of nitrogens with zero attached hydrogens (tertiary/aromatic N) is 1. The van der Waals surface area contributed by atoms with Gasteiger partial charge in [-0.25, -0.2) is 0 Å². The maximum atomic E-state index is 9.05. The summed E-state index contributed by atoms with van der Waals surface area (Å²) in [5.41, 5.74) is 2.01. The van der Waals surface area contributed by atoms with Crippen molar-refractivity contribution in [2.24, 2.45) is 0 Å². The molecule has 96 valence electrons. The molecule has 0 saturated heterocycles. The number of benzene rings is 1. The number of hydrogen-bond donors (Lipinski definition) is 1. The van der Waals surface area contributed by atoms with E-state index in [1.54, 1.807) is 7.11 Å². The van der Waals surface area contributed by atoms with E-state index in [1.165, 1.54) is 25.7 Å². The normalized spacial score (nSPS) is 17.4. The van der Waals surface area contributed by atoms with E-state index in [-0.39, 0.29) is 5.54 Å². The van der Waals surface area contributed by atoms with Gasteiger partial charge in [-0.2, -0.15) is 5.26 Å². The Morgan fingerprint density at radius 1 is 1.39 bits per heavy atom. The number of rotatable bonds is 4. The molecule has 0 aromatic heterocycles. The van der Waals surface area contributed by atoms with Crippen LogP contribution in [0.4, 0.5) is 0 Å². The van der Waals surface area contributed by atoms with Gasteiger partial charge in [-0.15, -0.1) is 0 Å². The standard InChI is InChI=1S/C15H20N2O/c1-15(7-3-4-8-15)17-11-12-5-6-14(18-2)13(9-12)10-16/h5-6,9,17H,3-4,7-8,11H2,1-2H3. The maximum absolute atomic E-state index is 9.05. The fourth-order valence-electron chi connectivity index (χ4n) is 2.60. The summed E-state index contributed by atoms with van der Waals surface area (Å²) < 4.78 is 5.15. The summed E-state index contributed by atoms with van der Waals surface area (Å²) in [5, 5.41) is 12.7. The summed E-state index contributed by atoms with van der Waals surface area (Å²) in [5.74, 6) is 0.647. The average Bonchev–Trinajstić information content (AvgIpc) is 2.83. The molecule has 1 aliphatic rings. The van der Waals surface area contributed by atoms with Crippen molar-refractivity contribution in [1.29, 1.82) is 5.26 Å². The maximum Gasteiger partial charge on any atom is 0.136 e. The third-order valence-corrected chi connectivity index (χ3v) is 3.81. The van der Waals surface area contributed by atoms with Crippen molar-refractivity contribution in [3.63, 3.8) is 0 Å². The predicted molar refractivity (Wildman–Crippen MR) is 71.4 cm³/mol. The van der Waals surface area contributed by atoms with Crippen molar-refractivity contribution in [1.82, 2.24) is 5.32 Å². The summed E-state index contributed by atoms with van der Waals surface area (Å²) in [6.45, 7) is 3.10. The Bertz CT molecular complexity index is 456. The molecule has 2 rings (SSSR count). The monoisotopic (exact) mass is 244 g/mol. The summed E-state index contributed by atoms with van der Waals surface area (Å²) in [4.78, 5) is 0. The first-order valence-corrected chi connectivity index (χ1v) is 6.49. The van der Waals surface area contributed by atoms with Crippen LogP contribution in [-0.4, -0.2) is 12.6 Å². The van der Waals surface area contributed by atoms with Gasteiger partial charge in [0.25, 0.3) is 0 Å². The molecule has 1 aliphatic carbocycles. The Hall–Kier alpha value is -1.53. The molecule has 0 heterocycles. The molecular formula is C15H20N2O. The molecule has 0 radical (unpaired) electrons. The van der Waals surface area contributed by atoms with E-state index in [0.29, 0.717) is 11.3 Å². The zero-order chi connectivity index (χ0) is 13.0. The van der Waals surface area contributed by atoms with Crippen LogP contribution in [0.5, 0.6) is 5.75 Å². The molecule has 1 N–H and O–H groups in total. The van der Waals surface area contributed by atoms with Crippen molar-refractivity contribution in [2.75, 3.05) is 7.11 Å². The van der Waals surface area contributed by atoms with Crippen LogP contribution in [0.15, 0.2) is 18.2 Å². The van der Waals surface area contributed by atoms with E-state index in [9.17, 15) is 0 Å². The SMILES string of the molecule is COc1ccc(CNC2(C)CCCC2)cc1C#N. The summed E-state index contributed by atoms with van der Waals surface area (Å²) >= 11 is 0. The summed E-state index contributed by atoms with van der Waals surface area (Å²) in [7, 11) is 1.59. The van der Waals surface area contributed by atoms with Crippen LogP contribution in [0.1, 0.15) is 43.7 Å². The lowest BCUT2D eigenvalue weighted by atomic mass is 10.00. The number of hydrogen-bond acceptors (Lipinski definition) is 3. The zero-order valence-corrected chi connectivity index (χ0v) is 11.1. The van der Waals surface area contributed by atoms with Crippen molar-refractivity contribution in [3.8, 4) is 11.8 Å². The topological polar surface area (TPSA) is 45.0 Å². The number of methoxy groups -OCH3 is 1. The van der Waals surface area contributed by atoms with Crippen LogP contribution in [0.3, 0.4) is 0 Å². The minimum absolute atomic E-state index is 0.271. The first kappa shape index (κ1) is 12.9. The minimum atomic E-state index is 0.271. The van der Waals surface area contributed by atoms with Crippen LogP contribution < -0.4 is 10.1 Å². The van der Waals surface area contributed by atoms with E-state index in [4.69, 9.17) is 10.00 Å². The Balaban J connectivity index is 2.04. The van der Waals surface area contributed by atoms with Gasteiger partial charge in [0.2, 0.25) is 0 Å². The Kier molecular flexibility index (Phi) is 3.88. The molecule has 0 bridgehead atoms. The quantitative estimate of drug-likeness (QED) is 0.885. The smallest absolute Gasteiger partial charge is 0.136 e. The van der Waals surface area contributed by atoms with Crippen molar-refractivity contribution < 1.29 is 4.74 Å². The highest BCUT2D eigenvalue weighted by Gasteiger charge is 2.27. The van der Waals surface area contributed by atoms with E-state index >= 15 is 0 Å². The number of ether oxygens (including phenoxy) is 1. The van der Waals surface area contributed by atoms with Gasteiger partial charge < -0.3 is 10.1 Å². The first-order chi connectivity index (χ1) is 8.67. The molecule has 1 fully saturated rings. The second-order valence-electron chi connectivity index (χ2n) is 5.27. The second kappa shape index (κ2) is 5.41. The summed E-state index contributed by atoms with van der Waals surface area (Å²) in [6, 6.07) is 7.96. The van der Waals surface area contributed by atoms with E-state index in [1.807, 2.05) is 18.2 Å². The van der Waals surface area contributed by atoms with E-state index < -0.39 is 0 Å². The Labute approximate surface area is 109 Å². The minimum Gasteiger partial charge on any atom is -0.495 e. The molecule has 1 aromatic carbocycles. The average molecular weight is 244 g/mol. The molecule has 0 aliphatic heterocycles. The fourth-order valence-corrected chi connectivity index (χ4v) is 2.60. The molecule has 3 nitrogen and oxygen atoms in total. The predicted octanol–water partition coefficient (Wildman–Crippen LogP) is 2.99. The van der Waals surface area contributed by atoms with E-state index in [0.717, 1.165) is 12.1 Å². The molecule has 0 spiro atoms. The molecule has 0 atom stereocenters. The lowest BCUT2D eigenvalue weighted by molar-refractivity contribution is 0.362. The fraction of sp³-hybridized carbons (Fsp3) is 0.533. The second-order valence-corrected chi connectivity index (χ2v) is 5.27. The zero-order valence-electron chi connectivity index (χ0n) is 11.1. The molecule has 3 heteroatoms. The highest BCUT2D eigenvalue weighted by Crippen LogP contribution is 2.29. The van der Waals surface area contributed by atoms with Crippen LogP contribution in [0, 0.1) is 11.3 Å². The van der Waals surface area contributed by atoms with Gasteiger partial charge in [0.1, 0.15) is 11.8 Å². The van der Waals surface area contributed by atoms with Gasteiger partial charge in [0.05, 0.1) is 12.7 Å². The Morgan fingerprint density at radius 2 is 2.11 bits per heavy atom. The first-order valence-electron chi connectivity index (χ1n) is 6.49. The van der Waals surface area contributed by atoms with Gasteiger partial charge >= 0.3 is 0 Å². The molecule has 1 saturated carbocycles.